The van der Waals surface area contributed by atoms with Crippen LogP contribution in [-0.2, 0) is 27.5 Å². The number of carbonyl (C=O) groups excluding carboxylic acids is 1. The van der Waals surface area contributed by atoms with E-state index in [1.54, 1.807) is 0 Å². The lowest BCUT2D eigenvalue weighted by Gasteiger charge is -2.12. The smallest absolute Gasteiger partial charge is 0.370 e. The van der Waals surface area contributed by atoms with Gasteiger partial charge in [0.2, 0.25) is 15.9 Å². The zero-order chi connectivity index (χ0) is 24.6. The summed E-state index contributed by atoms with van der Waals surface area (Å²) in [6.45, 7) is 2.31. The van der Waals surface area contributed by atoms with Gasteiger partial charge in [0, 0.05) is 24.7 Å². The minimum absolute atomic E-state index is 0.0124. The van der Waals surface area contributed by atoms with Crippen molar-refractivity contribution in [2.75, 3.05) is 22.8 Å². The van der Waals surface area contributed by atoms with E-state index < -0.39 is 33.6 Å². The number of pyridine rings is 1. The van der Waals surface area contributed by atoms with Gasteiger partial charge in [-0.05, 0) is 42.3 Å². The number of halogens is 4. The third-order valence-corrected chi connectivity index (χ3v) is 4.84. The lowest BCUT2D eigenvalue weighted by atomic mass is 10.2. The second-order valence-electron chi connectivity index (χ2n) is 7.15. The van der Waals surface area contributed by atoms with Crippen molar-refractivity contribution >= 4 is 33.5 Å². The Morgan fingerprint density at radius 2 is 1.91 bits per heavy atom. The molecule has 0 aliphatic heterocycles. The molecule has 1 aromatic heterocycles. The number of hydrogen-bond acceptors (Lipinski definition) is 5. The number of anilines is 2. The van der Waals surface area contributed by atoms with Crippen molar-refractivity contribution in [3.63, 3.8) is 0 Å². The summed E-state index contributed by atoms with van der Waals surface area (Å²) in [5.41, 5.74) is -0.577. The first kappa shape index (κ1) is 26.1. The molecule has 1 amide bonds. The van der Waals surface area contributed by atoms with E-state index in [0.717, 1.165) is 37.3 Å². The van der Waals surface area contributed by atoms with Crippen LogP contribution in [0.15, 0.2) is 36.4 Å². The normalized spacial score (nSPS) is 12.1. The second-order valence-corrected chi connectivity index (χ2v) is 8.90. The predicted molar refractivity (Wildman–Crippen MR) is 118 cm³/mol. The number of carbonyl (C=O) groups is 1. The summed E-state index contributed by atoms with van der Waals surface area (Å²) in [6.07, 6.45) is 0.329. The summed E-state index contributed by atoms with van der Waals surface area (Å²) in [6, 6.07) is 5.80. The summed E-state index contributed by atoms with van der Waals surface area (Å²) < 4.78 is 77.3. The number of unbranched alkanes of at least 4 members (excludes halogenated alkanes) is 1. The lowest BCUT2D eigenvalue weighted by Crippen LogP contribution is -2.20. The zero-order valence-electron chi connectivity index (χ0n) is 18.0. The summed E-state index contributed by atoms with van der Waals surface area (Å²) in [7, 11) is -3.64. The van der Waals surface area contributed by atoms with E-state index in [9.17, 15) is 30.8 Å². The predicted octanol–water partition coefficient (Wildman–Crippen LogP) is 4.15. The fraction of sp³-hybridized carbons (Fsp3) is 0.333. The molecule has 0 saturated heterocycles. The average Bonchev–Trinajstić information content (AvgIpc) is 2.71. The molecule has 2 rings (SSSR count). The Labute approximate surface area is 189 Å². The highest BCUT2D eigenvalue weighted by molar-refractivity contribution is 7.92. The Hall–Kier alpha value is -3.15. The van der Waals surface area contributed by atoms with E-state index >= 15 is 0 Å². The molecular weight excluding hydrogens is 464 g/mol. The maximum Gasteiger partial charge on any atom is 0.433 e. The Bertz CT molecular complexity index is 1120. The molecular formula is C21H24F4N4O3S. The number of nitrogens with one attached hydrogen (secondary N) is 3. The molecule has 0 unspecified atom stereocenters. The van der Waals surface area contributed by atoms with Crippen molar-refractivity contribution in [3.05, 3.63) is 59.0 Å². The molecule has 2 aromatic rings. The van der Waals surface area contributed by atoms with Crippen LogP contribution in [0.5, 0.6) is 0 Å². The van der Waals surface area contributed by atoms with Gasteiger partial charge in [-0.3, -0.25) is 9.52 Å². The third kappa shape index (κ3) is 8.72. The Balaban J connectivity index is 2.06. The van der Waals surface area contributed by atoms with Crippen molar-refractivity contribution in [2.45, 2.75) is 32.5 Å². The highest BCUT2D eigenvalue weighted by Crippen LogP contribution is 2.30. The first-order chi connectivity index (χ1) is 15.4. The molecule has 1 heterocycles. The van der Waals surface area contributed by atoms with E-state index in [1.165, 1.54) is 24.3 Å². The molecule has 0 spiro atoms. The minimum Gasteiger partial charge on any atom is -0.370 e. The maximum absolute atomic E-state index is 14.0. The number of alkyl halides is 3. The van der Waals surface area contributed by atoms with E-state index in [2.05, 4.69) is 15.6 Å². The molecule has 33 heavy (non-hydrogen) atoms. The van der Waals surface area contributed by atoms with Crippen LogP contribution >= 0.6 is 0 Å². The summed E-state index contributed by atoms with van der Waals surface area (Å²) in [4.78, 5) is 15.7. The van der Waals surface area contributed by atoms with E-state index in [1.807, 2.05) is 11.6 Å². The van der Waals surface area contributed by atoms with E-state index in [4.69, 9.17) is 0 Å². The topological polar surface area (TPSA) is 100 Å². The number of aromatic nitrogens is 1. The highest BCUT2D eigenvalue weighted by atomic mass is 32.2. The third-order valence-electron chi connectivity index (χ3n) is 4.25. The Kier molecular flexibility index (Phi) is 8.80. The van der Waals surface area contributed by atoms with Crippen LogP contribution in [0.25, 0.3) is 6.08 Å². The Morgan fingerprint density at radius 1 is 1.18 bits per heavy atom. The van der Waals surface area contributed by atoms with Crippen LogP contribution in [0, 0.1) is 5.82 Å². The molecule has 1 aromatic carbocycles. The lowest BCUT2D eigenvalue weighted by molar-refractivity contribution is -0.141. The quantitative estimate of drug-likeness (QED) is 0.265. The largest absolute Gasteiger partial charge is 0.433 e. The molecule has 0 aliphatic carbocycles. The number of nitrogens with zero attached hydrogens (tertiary/aromatic N) is 1. The number of rotatable bonds is 10. The van der Waals surface area contributed by atoms with Crippen LogP contribution < -0.4 is 15.4 Å². The van der Waals surface area contributed by atoms with Gasteiger partial charge in [0.15, 0.2) is 0 Å². The molecule has 3 N–H and O–H groups in total. The van der Waals surface area contributed by atoms with Crippen LogP contribution in [0.2, 0.25) is 0 Å². The van der Waals surface area contributed by atoms with Gasteiger partial charge in [0.05, 0.1) is 11.9 Å². The first-order valence-electron chi connectivity index (χ1n) is 9.93. The number of amides is 1. The van der Waals surface area contributed by atoms with Crippen molar-refractivity contribution in [1.29, 1.82) is 0 Å². The summed E-state index contributed by atoms with van der Waals surface area (Å²) in [5.74, 6) is -1.35. The first-order valence-corrected chi connectivity index (χ1v) is 11.8. The van der Waals surface area contributed by atoms with Gasteiger partial charge in [-0.15, -0.1) is 0 Å². The van der Waals surface area contributed by atoms with Crippen LogP contribution in [0.3, 0.4) is 0 Å². The molecule has 7 nitrogen and oxygen atoms in total. The van der Waals surface area contributed by atoms with E-state index in [-0.39, 0.29) is 18.1 Å². The minimum atomic E-state index is -4.59. The highest BCUT2D eigenvalue weighted by Gasteiger charge is 2.32. The molecule has 0 bridgehead atoms. The SMILES string of the molecule is CCCCNc1nc(C(F)(F)F)ccc1C=CC(=O)NCc1ccc(NS(C)(=O)=O)c(F)c1. The summed E-state index contributed by atoms with van der Waals surface area (Å²) in [5, 5.41) is 5.37. The molecule has 0 radical (unpaired) electrons. The van der Waals surface area contributed by atoms with Crippen molar-refractivity contribution in [2.24, 2.45) is 0 Å². The van der Waals surface area contributed by atoms with Gasteiger partial charge in [-0.2, -0.15) is 13.2 Å². The zero-order valence-corrected chi connectivity index (χ0v) is 18.8. The molecule has 0 atom stereocenters. The standard InChI is InChI=1S/C21H24F4N4O3S/c1-3-4-11-26-20-15(6-9-18(28-20)21(23,24)25)7-10-19(30)27-13-14-5-8-17(16(22)12-14)29-33(2,31)32/h5-10,12,29H,3-4,11,13H2,1-2H3,(H,26,28)(H,27,30). The number of benzene rings is 1. The van der Waals surface area contributed by atoms with Gasteiger partial charge >= 0.3 is 6.18 Å². The van der Waals surface area contributed by atoms with Gasteiger partial charge in [0.25, 0.3) is 0 Å². The van der Waals surface area contributed by atoms with Gasteiger partial charge in [-0.1, -0.05) is 19.4 Å². The molecule has 0 saturated carbocycles. The van der Waals surface area contributed by atoms with Gasteiger partial charge < -0.3 is 10.6 Å². The van der Waals surface area contributed by atoms with Crippen LogP contribution in [-0.4, -0.2) is 32.1 Å². The molecule has 0 fully saturated rings. The fourth-order valence-corrected chi connectivity index (χ4v) is 3.22. The molecule has 0 aliphatic rings. The van der Waals surface area contributed by atoms with Gasteiger partial charge in [-0.25, -0.2) is 17.8 Å². The summed E-state index contributed by atoms with van der Waals surface area (Å²) >= 11 is 0. The van der Waals surface area contributed by atoms with E-state index in [0.29, 0.717) is 17.7 Å². The second kappa shape index (κ2) is 11.1. The van der Waals surface area contributed by atoms with Crippen molar-refractivity contribution < 1.29 is 30.8 Å². The fourth-order valence-electron chi connectivity index (χ4n) is 2.65. The van der Waals surface area contributed by atoms with Crippen LogP contribution in [0.1, 0.15) is 36.6 Å². The average molecular weight is 489 g/mol. The van der Waals surface area contributed by atoms with Crippen LogP contribution in [0.4, 0.5) is 29.1 Å². The van der Waals surface area contributed by atoms with Gasteiger partial charge in [0.1, 0.15) is 17.3 Å². The molecule has 180 valence electrons. The van der Waals surface area contributed by atoms with Crippen molar-refractivity contribution in [1.82, 2.24) is 10.3 Å². The number of sulfonamides is 1. The monoisotopic (exact) mass is 488 g/mol. The molecule has 12 heteroatoms. The maximum atomic E-state index is 14.0. The van der Waals surface area contributed by atoms with Crippen molar-refractivity contribution in [3.8, 4) is 0 Å². The Morgan fingerprint density at radius 3 is 2.52 bits per heavy atom. The number of hydrogen-bond donors (Lipinski definition) is 3.